The molecule has 0 aliphatic heterocycles. The van der Waals surface area contributed by atoms with Gasteiger partial charge in [-0.15, -0.1) is 0 Å². The van der Waals surface area contributed by atoms with Crippen LogP contribution in [0.5, 0.6) is 0 Å². The van der Waals surface area contributed by atoms with Crippen molar-refractivity contribution in [2.45, 2.75) is 19.3 Å². The summed E-state index contributed by atoms with van der Waals surface area (Å²) in [5.41, 5.74) is 4.29. The topological polar surface area (TPSA) is 62.5 Å². The minimum Gasteiger partial charge on any atom is -0.480 e. The number of hydrogen-bond donors (Lipinski definition) is 1. The molecule has 0 radical (unpaired) electrons. The Kier molecular flexibility index (Phi) is 6.03. The van der Waals surface area contributed by atoms with Crippen LogP contribution in [0, 0.1) is 0 Å². The summed E-state index contributed by atoms with van der Waals surface area (Å²) in [6.07, 6.45) is 1.73. The van der Waals surface area contributed by atoms with Crippen molar-refractivity contribution in [3.05, 3.63) is 83.9 Å². The standard InChI is InChI=1S/C26H26N2O3/c1-27-23-12-6-5-11-21(23)22-14-13-20(16-24(22)27)17-25(29)28(18-26(30)31)15-7-10-19-8-3-2-4-9-19/h2-6,8-9,11-14,16H,7,10,15,17-18H2,1H3,(H,30,31). The van der Waals surface area contributed by atoms with Gasteiger partial charge in [-0.2, -0.15) is 0 Å². The zero-order chi connectivity index (χ0) is 21.8. The Morgan fingerprint density at radius 3 is 2.35 bits per heavy atom. The van der Waals surface area contributed by atoms with Crippen molar-refractivity contribution in [3.63, 3.8) is 0 Å². The second-order valence-electron chi connectivity index (χ2n) is 7.90. The van der Waals surface area contributed by atoms with E-state index in [2.05, 4.69) is 22.8 Å². The molecule has 3 aromatic carbocycles. The van der Waals surface area contributed by atoms with Gasteiger partial charge >= 0.3 is 5.97 Å². The molecule has 5 nitrogen and oxygen atoms in total. The molecule has 0 unspecified atom stereocenters. The molecule has 0 saturated heterocycles. The van der Waals surface area contributed by atoms with Crippen LogP contribution in [0.1, 0.15) is 17.5 Å². The van der Waals surface area contributed by atoms with Crippen molar-refractivity contribution in [2.24, 2.45) is 7.05 Å². The lowest BCUT2D eigenvalue weighted by atomic mass is 10.1. The summed E-state index contributed by atoms with van der Waals surface area (Å²) in [5.74, 6) is -1.15. The van der Waals surface area contributed by atoms with E-state index in [4.69, 9.17) is 0 Å². The Labute approximate surface area is 181 Å². The second-order valence-corrected chi connectivity index (χ2v) is 7.90. The Morgan fingerprint density at radius 1 is 0.871 bits per heavy atom. The summed E-state index contributed by atoms with van der Waals surface area (Å²) in [6, 6.07) is 24.3. The fourth-order valence-corrected chi connectivity index (χ4v) is 4.18. The molecule has 0 atom stereocenters. The molecule has 0 saturated carbocycles. The molecule has 4 aromatic rings. The highest BCUT2D eigenvalue weighted by atomic mass is 16.4. The molecular formula is C26H26N2O3. The van der Waals surface area contributed by atoms with Gasteiger partial charge in [-0.25, -0.2) is 0 Å². The van der Waals surface area contributed by atoms with Gasteiger partial charge in [0, 0.05) is 35.4 Å². The van der Waals surface area contributed by atoms with Crippen LogP contribution >= 0.6 is 0 Å². The van der Waals surface area contributed by atoms with Crippen LogP contribution in [-0.4, -0.2) is 39.5 Å². The van der Waals surface area contributed by atoms with Crippen LogP contribution in [0.2, 0.25) is 0 Å². The number of aromatic nitrogens is 1. The van der Waals surface area contributed by atoms with Crippen LogP contribution in [0.4, 0.5) is 0 Å². The molecule has 158 valence electrons. The zero-order valence-electron chi connectivity index (χ0n) is 17.6. The van der Waals surface area contributed by atoms with E-state index in [9.17, 15) is 14.7 Å². The molecule has 1 aromatic heterocycles. The predicted octanol–water partition coefficient (Wildman–Crippen LogP) is 4.42. The van der Waals surface area contributed by atoms with Crippen molar-refractivity contribution in [2.75, 3.05) is 13.1 Å². The highest BCUT2D eigenvalue weighted by molar-refractivity contribution is 6.08. The van der Waals surface area contributed by atoms with E-state index < -0.39 is 5.97 Å². The number of fused-ring (bicyclic) bond motifs is 3. The Hall–Kier alpha value is -3.60. The fraction of sp³-hybridized carbons (Fsp3) is 0.231. The monoisotopic (exact) mass is 414 g/mol. The van der Waals surface area contributed by atoms with Gasteiger partial charge in [0.05, 0.1) is 6.42 Å². The van der Waals surface area contributed by atoms with E-state index >= 15 is 0 Å². The first kappa shape index (κ1) is 20.7. The van der Waals surface area contributed by atoms with Crippen molar-refractivity contribution in [1.29, 1.82) is 0 Å². The summed E-state index contributed by atoms with van der Waals surface area (Å²) in [7, 11) is 2.02. The number of rotatable bonds is 8. The third-order valence-corrected chi connectivity index (χ3v) is 5.75. The van der Waals surface area contributed by atoms with E-state index in [0.29, 0.717) is 6.54 Å². The maximum Gasteiger partial charge on any atom is 0.323 e. The number of carbonyl (C=O) groups excluding carboxylic acids is 1. The van der Waals surface area contributed by atoms with Crippen molar-refractivity contribution in [3.8, 4) is 0 Å². The summed E-state index contributed by atoms with van der Waals surface area (Å²) in [6.45, 7) is 0.153. The summed E-state index contributed by atoms with van der Waals surface area (Å²) in [4.78, 5) is 25.7. The van der Waals surface area contributed by atoms with Crippen LogP contribution in [0.25, 0.3) is 21.8 Å². The number of aliphatic carboxylic acids is 1. The first-order valence-corrected chi connectivity index (χ1v) is 10.5. The van der Waals surface area contributed by atoms with Gasteiger partial charge in [0.25, 0.3) is 0 Å². The minimum atomic E-state index is -0.989. The Balaban J connectivity index is 1.49. The lowest BCUT2D eigenvalue weighted by molar-refractivity contribution is -0.144. The van der Waals surface area contributed by atoms with Gasteiger partial charge in [-0.05, 0) is 36.1 Å². The molecule has 31 heavy (non-hydrogen) atoms. The summed E-state index contributed by atoms with van der Waals surface area (Å²) in [5, 5.41) is 11.6. The van der Waals surface area contributed by atoms with Gasteiger partial charge in [-0.3, -0.25) is 9.59 Å². The van der Waals surface area contributed by atoms with E-state index in [1.807, 2.05) is 61.6 Å². The third-order valence-electron chi connectivity index (χ3n) is 5.75. The van der Waals surface area contributed by atoms with E-state index in [0.717, 1.165) is 34.8 Å². The summed E-state index contributed by atoms with van der Waals surface area (Å²) >= 11 is 0. The number of carbonyl (C=O) groups is 2. The molecule has 5 heteroatoms. The van der Waals surface area contributed by atoms with Crippen LogP contribution in [0.15, 0.2) is 72.8 Å². The van der Waals surface area contributed by atoms with E-state index in [1.165, 1.54) is 15.8 Å². The fourth-order valence-electron chi connectivity index (χ4n) is 4.18. The molecular weight excluding hydrogens is 388 g/mol. The largest absolute Gasteiger partial charge is 0.480 e. The molecule has 1 amide bonds. The number of hydrogen-bond acceptors (Lipinski definition) is 2. The number of para-hydroxylation sites is 1. The molecule has 0 fully saturated rings. The lowest BCUT2D eigenvalue weighted by Crippen LogP contribution is -2.37. The third kappa shape index (κ3) is 4.61. The summed E-state index contributed by atoms with van der Waals surface area (Å²) < 4.78 is 2.13. The Morgan fingerprint density at radius 2 is 1.58 bits per heavy atom. The van der Waals surface area contributed by atoms with Gasteiger partial charge in [0.1, 0.15) is 6.54 Å². The van der Waals surface area contributed by atoms with Gasteiger partial charge in [0.15, 0.2) is 0 Å². The molecule has 4 rings (SSSR count). The number of aryl methyl sites for hydroxylation is 2. The predicted molar refractivity (Wildman–Crippen MR) is 123 cm³/mol. The molecule has 0 aliphatic carbocycles. The molecule has 0 bridgehead atoms. The second kappa shape index (κ2) is 9.04. The number of amides is 1. The van der Waals surface area contributed by atoms with Gasteiger partial charge in [-0.1, -0.05) is 60.7 Å². The highest BCUT2D eigenvalue weighted by Crippen LogP contribution is 2.28. The van der Waals surface area contributed by atoms with Gasteiger partial charge < -0.3 is 14.6 Å². The normalized spacial score (nSPS) is 11.1. The van der Waals surface area contributed by atoms with E-state index in [-0.39, 0.29) is 18.9 Å². The van der Waals surface area contributed by atoms with Crippen molar-refractivity contribution >= 4 is 33.7 Å². The molecule has 0 aliphatic rings. The number of carboxylic acids is 1. The van der Waals surface area contributed by atoms with Crippen LogP contribution in [-0.2, 0) is 29.5 Å². The molecule has 0 spiro atoms. The highest BCUT2D eigenvalue weighted by Gasteiger charge is 2.18. The average molecular weight is 415 g/mol. The number of benzene rings is 3. The number of carboxylic acid groups (broad SMARTS) is 1. The molecule has 1 heterocycles. The lowest BCUT2D eigenvalue weighted by Gasteiger charge is -2.21. The minimum absolute atomic E-state index is 0.159. The van der Waals surface area contributed by atoms with E-state index in [1.54, 1.807) is 0 Å². The first-order chi connectivity index (χ1) is 15.0. The Bertz CT molecular complexity index is 1230. The maximum absolute atomic E-state index is 12.9. The van der Waals surface area contributed by atoms with Crippen molar-refractivity contribution < 1.29 is 14.7 Å². The first-order valence-electron chi connectivity index (χ1n) is 10.5. The quantitative estimate of drug-likeness (QED) is 0.464. The number of nitrogens with zero attached hydrogens (tertiary/aromatic N) is 2. The smallest absolute Gasteiger partial charge is 0.323 e. The maximum atomic E-state index is 12.9. The van der Waals surface area contributed by atoms with Crippen molar-refractivity contribution in [1.82, 2.24) is 9.47 Å². The average Bonchev–Trinajstić information content (AvgIpc) is 3.05. The van der Waals surface area contributed by atoms with Crippen LogP contribution in [0.3, 0.4) is 0 Å². The SMILES string of the molecule is Cn1c2ccccc2c2ccc(CC(=O)N(CCCc3ccccc3)CC(=O)O)cc21. The molecule has 1 N–H and O–H groups in total. The van der Waals surface area contributed by atoms with Gasteiger partial charge in [0.2, 0.25) is 5.91 Å². The zero-order valence-corrected chi connectivity index (χ0v) is 17.6. The van der Waals surface area contributed by atoms with Crippen LogP contribution < -0.4 is 0 Å².